The number of nitrogens with zero attached hydrogens (tertiary/aromatic N) is 2. The average molecular weight is 340 g/mol. The first-order valence-corrected chi connectivity index (χ1v) is 8.74. The van der Waals surface area contributed by atoms with Gasteiger partial charge in [0.25, 0.3) is 0 Å². The lowest BCUT2D eigenvalue weighted by Gasteiger charge is -2.34. The van der Waals surface area contributed by atoms with Gasteiger partial charge >= 0.3 is 0 Å². The number of piperazine rings is 1. The number of rotatable bonds is 5. The fourth-order valence-electron chi connectivity index (χ4n) is 3.04. The molecule has 1 aliphatic heterocycles. The molecule has 1 heterocycles. The molecule has 1 aliphatic rings. The van der Waals surface area contributed by atoms with Gasteiger partial charge in [0.15, 0.2) is 5.11 Å². The van der Waals surface area contributed by atoms with E-state index in [4.69, 9.17) is 18.0 Å². The molecule has 1 saturated heterocycles. The lowest BCUT2D eigenvalue weighted by molar-refractivity contribution is 0.122. The van der Waals surface area contributed by atoms with Crippen LogP contribution in [-0.2, 0) is 13.1 Å². The van der Waals surface area contributed by atoms with Crippen LogP contribution in [0.3, 0.4) is 0 Å². The maximum absolute atomic E-state index is 5.49. The molecule has 2 aromatic rings. The molecule has 0 aromatic heterocycles. The molecule has 0 atom stereocenters. The van der Waals surface area contributed by atoms with Gasteiger partial charge in [0.1, 0.15) is 0 Å². The maximum atomic E-state index is 5.49. The van der Waals surface area contributed by atoms with Crippen molar-refractivity contribution in [3.63, 3.8) is 0 Å². The summed E-state index contributed by atoms with van der Waals surface area (Å²) in [7, 11) is 0. The monoisotopic (exact) mass is 340 g/mol. The Morgan fingerprint density at radius 1 is 0.833 bits per heavy atom. The topological polar surface area (TPSA) is 44.5 Å². The van der Waals surface area contributed by atoms with E-state index in [1.54, 1.807) is 0 Å². The summed E-state index contributed by atoms with van der Waals surface area (Å²) in [5.74, 6) is 0. The lowest BCUT2D eigenvalue weighted by Crippen LogP contribution is -2.45. The van der Waals surface area contributed by atoms with Gasteiger partial charge in [-0.3, -0.25) is 9.80 Å². The summed E-state index contributed by atoms with van der Waals surface area (Å²) in [6.45, 7) is 6.51. The molecule has 4 nitrogen and oxygen atoms in total. The quantitative estimate of drug-likeness (QED) is 0.820. The van der Waals surface area contributed by atoms with Crippen LogP contribution >= 0.6 is 12.2 Å². The van der Waals surface area contributed by atoms with Gasteiger partial charge in [-0.15, -0.1) is 0 Å². The first kappa shape index (κ1) is 16.9. The van der Waals surface area contributed by atoms with Crippen LogP contribution in [0.1, 0.15) is 11.1 Å². The molecule has 3 N–H and O–H groups in total. The third-order valence-electron chi connectivity index (χ3n) is 4.34. The van der Waals surface area contributed by atoms with Crippen LogP contribution in [0, 0.1) is 0 Å². The van der Waals surface area contributed by atoms with E-state index in [0.717, 1.165) is 45.0 Å². The van der Waals surface area contributed by atoms with Crippen molar-refractivity contribution in [1.82, 2.24) is 9.80 Å². The Hall–Kier alpha value is -1.95. The van der Waals surface area contributed by atoms with E-state index in [1.807, 2.05) is 12.1 Å². The SMILES string of the molecule is NC(=S)Nc1ccc(CN2CCN(Cc3ccccc3)CC2)cc1. The van der Waals surface area contributed by atoms with E-state index >= 15 is 0 Å². The van der Waals surface area contributed by atoms with Crippen molar-refractivity contribution in [2.24, 2.45) is 5.73 Å². The largest absolute Gasteiger partial charge is 0.376 e. The number of thiocarbonyl (C=S) groups is 1. The van der Waals surface area contributed by atoms with Crippen LogP contribution in [0.25, 0.3) is 0 Å². The van der Waals surface area contributed by atoms with Crippen molar-refractivity contribution < 1.29 is 0 Å². The predicted octanol–water partition coefficient (Wildman–Crippen LogP) is 2.66. The number of nitrogens with one attached hydrogen (secondary N) is 1. The molecule has 0 spiro atoms. The number of hydrogen-bond donors (Lipinski definition) is 2. The Kier molecular flexibility index (Phi) is 5.80. The minimum absolute atomic E-state index is 0.303. The van der Waals surface area contributed by atoms with Crippen LogP contribution in [-0.4, -0.2) is 41.1 Å². The zero-order valence-electron chi connectivity index (χ0n) is 13.8. The molecule has 2 aromatic carbocycles. The van der Waals surface area contributed by atoms with E-state index in [-0.39, 0.29) is 0 Å². The molecule has 24 heavy (non-hydrogen) atoms. The fourth-order valence-corrected chi connectivity index (χ4v) is 3.16. The second kappa shape index (κ2) is 8.24. The molecule has 0 aliphatic carbocycles. The van der Waals surface area contributed by atoms with Crippen LogP contribution < -0.4 is 11.1 Å². The van der Waals surface area contributed by atoms with Crippen molar-refractivity contribution in [3.05, 3.63) is 65.7 Å². The zero-order valence-corrected chi connectivity index (χ0v) is 14.6. The number of anilines is 1. The summed E-state index contributed by atoms with van der Waals surface area (Å²) in [6, 6.07) is 19.0. The first-order chi connectivity index (χ1) is 11.7. The molecule has 126 valence electrons. The average Bonchev–Trinajstić information content (AvgIpc) is 2.59. The van der Waals surface area contributed by atoms with Crippen LogP contribution in [0.4, 0.5) is 5.69 Å². The second-order valence-corrected chi connectivity index (χ2v) is 6.66. The van der Waals surface area contributed by atoms with Gasteiger partial charge in [0.2, 0.25) is 0 Å². The highest BCUT2D eigenvalue weighted by atomic mass is 32.1. The highest BCUT2D eigenvalue weighted by Crippen LogP contribution is 2.14. The Morgan fingerprint density at radius 2 is 1.33 bits per heavy atom. The van der Waals surface area contributed by atoms with Crippen molar-refractivity contribution in [3.8, 4) is 0 Å². The normalized spacial score (nSPS) is 16.0. The van der Waals surface area contributed by atoms with E-state index in [0.29, 0.717) is 5.11 Å². The number of nitrogens with two attached hydrogens (primary N) is 1. The van der Waals surface area contributed by atoms with Crippen molar-refractivity contribution in [1.29, 1.82) is 0 Å². The Bertz CT molecular complexity index is 649. The molecular formula is C19H24N4S. The molecule has 0 unspecified atom stereocenters. The number of benzene rings is 2. The van der Waals surface area contributed by atoms with Gasteiger partial charge in [-0.1, -0.05) is 42.5 Å². The van der Waals surface area contributed by atoms with E-state index in [2.05, 4.69) is 57.6 Å². The molecule has 5 heteroatoms. The second-order valence-electron chi connectivity index (χ2n) is 6.22. The van der Waals surface area contributed by atoms with Gasteiger partial charge in [0, 0.05) is 45.0 Å². The summed E-state index contributed by atoms with van der Waals surface area (Å²) in [6.07, 6.45) is 0. The van der Waals surface area contributed by atoms with E-state index in [1.165, 1.54) is 11.1 Å². The minimum atomic E-state index is 0.303. The summed E-state index contributed by atoms with van der Waals surface area (Å²) < 4.78 is 0. The summed E-state index contributed by atoms with van der Waals surface area (Å²) in [5, 5.41) is 3.26. The molecule has 1 fully saturated rings. The molecule has 0 amide bonds. The van der Waals surface area contributed by atoms with Crippen LogP contribution in [0.2, 0.25) is 0 Å². The van der Waals surface area contributed by atoms with Crippen molar-refractivity contribution in [2.45, 2.75) is 13.1 Å². The van der Waals surface area contributed by atoms with Crippen LogP contribution in [0.15, 0.2) is 54.6 Å². The standard InChI is InChI=1S/C19H24N4S/c20-19(24)21-18-8-6-17(7-9-18)15-23-12-10-22(11-13-23)14-16-4-2-1-3-5-16/h1-9H,10-15H2,(H3,20,21,24). The minimum Gasteiger partial charge on any atom is -0.376 e. The third kappa shape index (κ3) is 5.03. The smallest absolute Gasteiger partial charge is 0.168 e. The number of hydrogen-bond acceptors (Lipinski definition) is 3. The Morgan fingerprint density at radius 3 is 1.83 bits per heavy atom. The molecule has 0 bridgehead atoms. The van der Waals surface area contributed by atoms with E-state index < -0.39 is 0 Å². The lowest BCUT2D eigenvalue weighted by atomic mass is 10.1. The fraction of sp³-hybridized carbons (Fsp3) is 0.316. The van der Waals surface area contributed by atoms with E-state index in [9.17, 15) is 0 Å². The third-order valence-corrected chi connectivity index (χ3v) is 4.44. The summed E-state index contributed by atoms with van der Waals surface area (Å²) >= 11 is 4.85. The van der Waals surface area contributed by atoms with Gasteiger partial charge < -0.3 is 11.1 Å². The molecule has 3 rings (SSSR count). The highest BCUT2D eigenvalue weighted by molar-refractivity contribution is 7.80. The Balaban J connectivity index is 1.46. The summed E-state index contributed by atoms with van der Waals surface area (Å²) in [4.78, 5) is 5.04. The van der Waals surface area contributed by atoms with Crippen LogP contribution in [0.5, 0.6) is 0 Å². The van der Waals surface area contributed by atoms with Crippen molar-refractivity contribution in [2.75, 3.05) is 31.5 Å². The highest BCUT2D eigenvalue weighted by Gasteiger charge is 2.16. The van der Waals surface area contributed by atoms with Gasteiger partial charge in [-0.2, -0.15) is 0 Å². The predicted molar refractivity (Wildman–Crippen MR) is 104 cm³/mol. The molecular weight excluding hydrogens is 316 g/mol. The summed E-state index contributed by atoms with van der Waals surface area (Å²) in [5.41, 5.74) is 9.15. The van der Waals surface area contributed by atoms with Gasteiger partial charge in [-0.05, 0) is 35.5 Å². The molecule has 0 saturated carbocycles. The first-order valence-electron chi connectivity index (χ1n) is 8.33. The zero-order chi connectivity index (χ0) is 16.8. The maximum Gasteiger partial charge on any atom is 0.168 e. The Labute approximate surface area is 149 Å². The van der Waals surface area contributed by atoms with Gasteiger partial charge in [-0.25, -0.2) is 0 Å². The van der Waals surface area contributed by atoms with Gasteiger partial charge in [0.05, 0.1) is 0 Å². The van der Waals surface area contributed by atoms with Crippen molar-refractivity contribution >= 4 is 23.0 Å². The molecule has 0 radical (unpaired) electrons.